The molecule has 31 heavy (non-hydrogen) atoms. The Kier molecular flexibility index (Phi) is 6.28. The van der Waals surface area contributed by atoms with Gasteiger partial charge in [-0.25, -0.2) is 13.4 Å². The Morgan fingerprint density at radius 3 is 2.52 bits per heavy atom. The second kappa shape index (κ2) is 8.81. The molecule has 1 saturated heterocycles. The van der Waals surface area contributed by atoms with Crippen molar-refractivity contribution in [2.75, 3.05) is 25.1 Å². The highest BCUT2D eigenvalue weighted by Gasteiger charge is 2.34. The summed E-state index contributed by atoms with van der Waals surface area (Å²) in [7, 11) is -2.06. The predicted molar refractivity (Wildman–Crippen MR) is 127 cm³/mol. The molecule has 164 valence electrons. The third kappa shape index (κ3) is 4.45. The fourth-order valence-electron chi connectivity index (χ4n) is 3.85. The van der Waals surface area contributed by atoms with Crippen LogP contribution in [0.4, 0.5) is 5.13 Å². The van der Waals surface area contributed by atoms with E-state index >= 15 is 0 Å². The third-order valence-corrected chi connectivity index (χ3v) is 9.30. The number of piperidine rings is 1. The number of aromatic nitrogens is 1. The van der Waals surface area contributed by atoms with Gasteiger partial charge in [0.25, 0.3) is 0 Å². The van der Waals surface area contributed by atoms with E-state index in [-0.39, 0.29) is 4.90 Å². The largest absolute Gasteiger partial charge is 0.495 e. The van der Waals surface area contributed by atoms with Crippen LogP contribution in [0.15, 0.2) is 46.7 Å². The Balaban J connectivity index is 1.49. The van der Waals surface area contributed by atoms with Crippen LogP contribution in [-0.2, 0) is 9.84 Å². The van der Waals surface area contributed by atoms with Crippen molar-refractivity contribution in [2.24, 2.45) is 0 Å². The van der Waals surface area contributed by atoms with Crippen LogP contribution >= 0.6 is 22.9 Å². The van der Waals surface area contributed by atoms with Crippen LogP contribution in [0.3, 0.4) is 0 Å². The summed E-state index contributed by atoms with van der Waals surface area (Å²) in [4.78, 5) is 7.17. The number of anilines is 1. The summed E-state index contributed by atoms with van der Waals surface area (Å²) in [5.41, 5.74) is 4.57. The molecule has 0 atom stereocenters. The molecule has 1 aliphatic heterocycles. The van der Waals surface area contributed by atoms with Crippen molar-refractivity contribution < 1.29 is 13.2 Å². The maximum absolute atomic E-state index is 13.2. The lowest BCUT2D eigenvalue weighted by Gasteiger charge is -2.31. The number of sulfone groups is 1. The lowest BCUT2D eigenvalue weighted by molar-refractivity contribution is 0.402. The van der Waals surface area contributed by atoms with Gasteiger partial charge in [0.2, 0.25) is 0 Å². The highest BCUT2D eigenvalue weighted by atomic mass is 35.5. The molecule has 3 aromatic rings. The zero-order valence-corrected chi connectivity index (χ0v) is 20.1. The molecule has 1 aliphatic rings. The smallest absolute Gasteiger partial charge is 0.185 e. The molecule has 4 rings (SSSR count). The molecule has 0 radical (unpaired) electrons. The summed E-state index contributed by atoms with van der Waals surface area (Å²) in [6, 6.07) is 11.1. The number of halogens is 1. The molecule has 0 amide bonds. The lowest BCUT2D eigenvalue weighted by Crippen LogP contribution is -2.39. The minimum atomic E-state index is -3.53. The molecule has 0 bridgehead atoms. The number of hydrogen-bond donors (Lipinski definition) is 0. The summed E-state index contributed by atoms with van der Waals surface area (Å²) in [6.07, 6.45) is 1.08. The van der Waals surface area contributed by atoms with Crippen LogP contribution in [0.5, 0.6) is 5.75 Å². The molecule has 0 N–H and O–H groups in total. The minimum Gasteiger partial charge on any atom is -0.495 e. The molecule has 0 unspecified atom stereocenters. The van der Waals surface area contributed by atoms with Gasteiger partial charge in [0.15, 0.2) is 15.0 Å². The van der Waals surface area contributed by atoms with E-state index in [0.717, 1.165) is 16.4 Å². The summed E-state index contributed by atoms with van der Waals surface area (Å²) in [5, 5.41) is 2.93. The van der Waals surface area contributed by atoms with Gasteiger partial charge in [-0.2, -0.15) is 0 Å². The van der Waals surface area contributed by atoms with Gasteiger partial charge < -0.3 is 9.64 Å². The standard InChI is InChI=1S/C23H25ClN2O3S2/c1-15-4-5-17(12-16(15)2)20-14-30-23(25-20)26-10-8-19(9-11-26)31(27,28)22-13-18(24)6-7-21(22)29-3/h4-7,12-14,19H,8-11H2,1-3H3. The molecule has 2 aromatic carbocycles. The van der Waals surface area contributed by atoms with Crippen LogP contribution in [0.25, 0.3) is 11.3 Å². The van der Waals surface area contributed by atoms with Gasteiger partial charge in [-0.05, 0) is 62.1 Å². The van der Waals surface area contributed by atoms with E-state index in [1.807, 2.05) is 0 Å². The Hall–Kier alpha value is -2.09. The van der Waals surface area contributed by atoms with Crippen LogP contribution in [0.2, 0.25) is 5.02 Å². The molecule has 1 aromatic heterocycles. The number of thiazole rings is 1. The molecule has 0 spiro atoms. The third-order valence-electron chi connectivity index (χ3n) is 5.88. The number of methoxy groups -OCH3 is 1. The SMILES string of the molecule is COc1ccc(Cl)cc1S(=O)(=O)C1CCN(c2nc(-c3ccc(C)c(C)c3)cs2)CC1. The van der Waals surface area contributed by atoms with Crippen LogP contribution in [0, 0.1) is 13.8 Å². The van der Waals surface area contributed by atoms with Crippen molar-refractivity contribution in [3.05, 3.63) is 57.9 Å². The molecular weight excluding hydrogens is 452 g/mol. The normalized spacial score (nSPS) is 15.3. The first kappa shape index (κ1) is 22.1. The Bertz CT molecular complexity index is 1200. The van der Waals surface area contributed by atoms with E-state index in [2.05, 4.69) is 42.3 Å². The first-order chi connectivity index (χ1) is 14.8. The highest BCUT2D eigenvalue weighted by Crippen LogP contribution is 2.35. The van der Waals surface area contributed by atoms with Gasteiger partial charge in [-0.15, -0.1) is 11.3 Å². The fourth-order valence-corrected chi connectivity index (χ4v) is 6.89. The van der Waals surface area contributed by atoms with Crippen molar-refractivity contribution in [1.29, 1.82) is 0 Å². The van der Waals surface area contributed by atoms with E-state index in [4.69, 9.17) is 21.3 Å². The molecule has 0 aliphatic carbocycles. The van der Waals surface area contributed by atoms with Crippen LogP contribution in [0.1, 0.15) is 24.0 Å². The Morgan fingerprint density at radius 1 is 1.10 bits per heavy atom. The average molecular weight is 477 g/mol. The molecule has 2 heterocycles. The molecule has 0 saturated carbocycles. The maximum Gasteiger partial charge on any atom is 0.185 e. The summed E-state index contributed by atoms with van der Waals surface area (Å²) >= 11 is 7.66. The number of benzene rings is 2. The topological polar surface area (TPSA) is 59.5 Å². The average Bonchev–Trinajstić information content (AvgIpc) is 3.26. The first-order valence-corrected chi connectivity index (χ1v) is 13.0. The first-order valence-electron chi connectivity index (χ1n) is 10.1. The molecule has 5 nitrogen and oxygen atoms in total. The summed E-state index contributed by atoms with van der Waals surface area (Å²) in [6.45, 7) is 5.49. The van der Waals surface area contributed by atoms with Crippen molar-refractivity contribution in [1.82, 2.24) is 4.98 Å². The fraction of sp³-hybridized carbons (Fsp3) is 0.348. The van der Waals surface area contributed by atoms with Gasteiger partial charge in [0.1, 0.15) is 10.6 Å². The Labute approximate surface area is 192 Å². The van der Waals surface area contributed by atoms with Crippen LogP contribution < -0.4 is 9.64 Å². The van der Waals surface area contributed by atoms with Gasteiger partial charge >= 0.3 is 0 Å². The number of nitrogens with zero attached hydrogens (tertiary/aromatic N) is 2. The van der Waals surface area contributed by atoms with Crippen molar-refractivity contribution in [3.8, 4) is 17.0 Å². The van der Waals surface area contributed by atoms with E-state index in [1.165, 1.54) is 24.3 Å². The minimum absolute atomic E-state index is 0.173. The van der Waals surface area contributed by atoms with Crippen molar-refractivity contribution in [3.63, 3.8) is 0 Å². The summed E-state index contributed by atoms with van der Waals surface area (Å²) in [5.74, 6) is 0.338. The lowest BCUT2D eigenvalue weighted by atomic mass is 10.1. The number of aryl methyl sites for hydroxylation is 2. The highest BCUT2D eigenvalue weighted by molar-refractivity contribution is 7.92. The summed E-state index contributed by atoms with van der Waals surface area (Å²) < 4.78 is 31.8. The second-order valence-corrected chi connectivity index (χ2v) is 11.3. The number of hydrogen-bond acceptors (Lipinski definition) is 6. The monoisotopic (exact) mass is 476 g/mol. The van der Waals surface area contributed by atoms with Gasteiger partial charge in [-0.3, -0.25) is 0 Å². The quantitative estimate of drug-likeness (QED) is 0.484. The molecular formula is C23H25ClN2O3S2. The van der Waals surface area contributed by atoms with E-state index in [9.17, 15) is 8.42 Å². The molecule has 1 fully saturated rings. The van der Waals surface area contributed by atoms with Gasteiger partial charge in [-0.1, -0.05) is 23.7 Å². The predicted octanol–water partition coefficient (Wildman–Crippen LogP) is 5.53. The zero-order chi connectivity index (χ0) is 22.2. The van der Waals surface area contributed by atoms with Crippen molar-refractivity contribution in [2.45, 2.75) is 36.8 Å². The van der Waals surface area contributed by atoms with Crippen molar-refractivity contribution >= 4 is 37.9 Å². The maximum atomic E-state index is 13.2. The number of ether oxygens (including phenoxy) is 1. The van der Waals surface area contributed by atoms with Gasteiger partial charge in [0.05, 0.1) is 18.1 Å². The van der Waals surface area contributed by atoms with E-state index in [1.54, 1.807) is 23.5 Å². The van der Waals surface area contributed by atoms with E-state index in [0.29, 0.717) is 36.7 Å². The Morgan fingerprint density at radius 2 is 1.84 bits per heavy atom. The zero-order valence-electron chi connectivity index (χ0n) is 17.8. The van der Waals surface area contributed by atoms with Crippen LogP contribution in [-0.4, -0.2) is 38.9 Å². The van der Waals surface area contributed by atoms with E-state index < -0.39 is 15.1 Å². The number of rotatable bonds is 5. The molecule has 8 heteroatoms. The second-order valence-electron chi connectivity index (χ2n) is 7.84. The van der Waals surface area contributed by atoms with Gasteiger partial charge in [0, 0.05) is 29.1 Å².